The first kappa shape index (κ1) is 39.3. The lowest BCUT2D eigenvalue weighted by Gasteiger charge is -2.38. The van der Waals surface area contributed by atoms with E-state index in [1.54, 1.807) is 12.1 Å². The van der Waals surface area contributed by atoms with Gasteiger partial charge in [0.25, 0.3) is 17.7 Å². The summed E-state index contributed by atoms with van der Waals surface area (Å²) in [6.07, 6.45) is -1.41. The number of carbonyl (C=O) groups excluding carboxylic acids is 6. The van der Waals surface area contributed by atoms with Gasteiger partial charge < -0.3 is 20.4 Å². The lowest BCUT2D eigenvalue weighted by molar-refractivity contribution is -0.138. The van der Waals surface area contributed by atoms with E-state index in [0.717, 1.165) is 61.3 Å². The number of carbonyl (C=O) groups is 6. The second kappa shape index (κ2) is 15.9. The van der Waals surface area contributed by atoms with Gasteiger partial charge in [-0.05, 0) is 106 Å². The highest BCUT2D eigenvalue weighted by molar-refractivity contribution is 6.34. The molecule has 3 aromatic carbocycles. The molecule has 56 heavy (non-hydrogen) atoms. The lowest BCUT2D eigenvalue weighted by atomic mass is 9.92. The van der Waals surface area contributed by atoms with E-state index in [1.165, 1.54) is 18.2 Å². The van der Waals surface area contributed by atoms with Crippen molar-refractivity contribution in [3.63, 3.8) is 0 Å². The zero-order chi connectivity index (χ0) is 39.9. The van der Waals surface area contributed by atoms with Gasteiger partial charge in [0.15, 0.2) is 0 Å². The molecule has 4 aliphatic rings. The third-order valence-corrected chi connectivity index (χ3v) is 11.5. The molecule has 294 valence electrons. The molecule has 0 aliphatic carbocycles. The predicted molar refractivity (Wildman–Crippen MR) is 202 cm³/mol. The molecule has 6 amide bonds. The van der Waals surface area contributed by atoms with Crippen LogP contribution in [0.4, 0.5) is 30.2 Å². The van der Waals surface area contributed by atoms with Gasteiger partial charge in [0, 0.05) is 42.7 Å². The summed E-state index contributed by atoms with van der Waals surface area (Å²) >= 11 is 12.2. The SMILES string of the molecule is O=C1CCC(N2C(=O)c3ccc(N4CCC(CN5CCC(C(=O)Nc6ccc(Cl)cc6C(=O)Nc6ccc(C(F)(F)F)cc6Cl)CC5)CC4)cc3C2=O)C(=O)N1. The van der Waals surface area contributed by atoms with Crippen molar-refractivity contribution < 1.29 is 41.9 Å². The molecular weight excluding hydrogens is 776 g/mol. The van der Waals surface area contributed by atoms with Crippen molar-refractivity contribution in [1.29, 1.82) is 0 Å². The van der Waals surface area contributed by atoms with Crippen molar-refractivity contribution in [2.24, 2.45) is 11.8 Å². The van der Waals surface area contributed by atoms with Gasteiger partial charge in [0.1, 0.15) is 6.04 Å². The molecule has 0 aromatic heterocycles. The Kier molecular flexibility index (Phi) is 11.1. The topological polar surface area (TPSA) is 148 Å². The molecule has 0 radical (unpaired) electrons. The van der Waals surface area contributed by atoms with Crippen molar-refractivity contribution in [1.82, 2.24) is 15.1 Å². The second-order valence-electron chi connectivity index (χ2n) is 14.5. The molecule has 1 unspecified atom stereocenters. The van der Waals surface area contributed by atoms with E-state index < -0.39 is 47.3 Å². The van der Waals surface area contributed by atoms with Crippen LogP contribution < -0.4 is 20.9 Å². The number of hydrogen-bond donors (Lipinski definition) is 3. The van der Waals surface area contributed by atoms with E-state index >= 15 is 0 Å². The maximum absolute atomic E-state index is 13.4. The van der Waals surface area contributed by atoms with Crippen LogP contribution in [-0.2, 0) is 20.6 Å². The highest BCUT2D eigenvalue weighted by atomic mass is 35.5. The van der Waals surface area contributed by atoms with Crippen molar-refractivity contribution in [3.05, 3.63) is 86.9 Å². The maximum atomic E-state index is 13.4. The number of amides is 6. The molecule has 3 fully saturated rings. The van der Waals surface area contributed by atoms with Gasteiger partial charge in [-0.3, -0.25) is 39.0 Å². The molecule has 0 spiro atoms. The fourth-order valence-electron chi connectivity index (χ4n) is 7.80. The predicted octanol–water partition coefficient (Wildman–Crippen LogP) is 6.23. The second-order valence-corrected chi connectivity index (χ2v) is 15.4. The van der Waals surface area contributed by atoms with E-state index in [4.69, 9.17) is 23.2 Å². The zero-order valence-corrected chi connectivity index (χ0v) is 31.4. The first-order chi connectivity index (χ1) is 26.7. The Balaban J connectivity index is 0.890. The molecule has 3 saturated heterocycles. The monoisotopic (exact) mass is 812 g/mol. The van der Waals surface area contributed by atoms with E-state index in [-0.39, 0.29) is 62.8 Å². The molecule has 17 heteroatoms. The Bertz CT molecular complexity index is 2120. The number of rotatable bonds is 8. The fraction of sp³-hybridized carbons (Fsp3) is 0.385. The third kappa shape index (κ3) is 8.25. The quantitative estimate of drug-likeness (QED) is 0.227. The summed E-state index contributed by atoms with van der Waals surface area (Å²) in [5.74, 6) is -2.97. The highest BCUT2D eigenvalue weighted by Crippen LogP contribution is 2.35. The molecule has 1 atom stereocenters. The van der Waals surface area contributed by atoms with Crippen LogP contribution in [-0.4, -0.2) is 84.0 Å². The molecule has 12 nitrogen and oxygen atoms in total. The standard InChI is InChI=1S/C39H37Cl2F3N6O6/c40-24-2-6-30(28(18-24)35(53)46-31-5-1-23(17-29(31)41)39(42,43)44)45-34(52)22-11-13-48(14-12-22)20-21-9-15-49(16-10-21)25-3-4-26-27(19-25)38(56)50(37(26)55)32-7-8-33(51)47-36(32)54/h1-6,17-19,21-22,32H,7-16,20H2,(H,45,52)(H,46,53)(H,47,51,54). The van der Waals surface area contributed by atoms with Gasteiger partial charge in [-0.2, -0.15) is 13.2 Å². The molecule has 0 saturated carbocycles. The first-order valence-electron chi connectivity index (χ1n) is 18.3. The summed E-state index contributed by atoms with van der Waals surface area (Å²) in [5, 5.41) is 7.48. The smallest absolute Gasteiger partial charge is 0.371 e. The third-order valence-electron chi connectivity index (χ3n) is 10.9. The molecule has 4 heterocycles. The number of piperidine rings is 3. The number of alkyl halides is 3. The Morgan fingerprint density at radius 2 is 1.48 bits per heavy atom. The summed E-state index contributed by atoms with van der Waals surface area (Å²) < 4.78 is 39.2. The van der Waals surface area contributed by atoms with Crippen LogP contribution in [0.15, 0.2) is 54.6 Å². The van der Waals surface area contributed by atoms with Crippen LogP contribution in [0.3, 0.4) is 0 Å². The summed E-state index contributed by atoms with van der Waals surface area (Å²) in [6, 6.07) is 11.1. The van der Waals surface area contributed by atoms with Gasteiger partial charge in [0.2, 0.25) is 17.7 Å². The number of imide groups is 2. The van der Waals surface area contributed by atoms with E-state index in [1.807, 2.05) is 6.07 Å². The number of halogens is 5. The van der Waals surface area contributed by atoms with Crippen molar-refractivity contribution in [3.8, 4) is 0 Å². The van der Waals surface area contributed by atoms with E-state index in [9.17, 15) is 41.9 Å². The Hall–Kier alpha value is -4.99. The zero-order valence-electron chi connectivity index (χ0n) is 29.9. The number of hydrogen-bond acceptors (Lipinski definition) is 8. The highest BCUT2D eigenvalue weighted by Gasteiger charge is 2.45. The minimum Gasteiger partial charge on any atom is -0.371 e. The Morgan fingerprint density at radius 1 is 0.786 bits per heavy atom. The number of nitrogens with zero attached hydrogens (tertiary/aromatic N) is 3. The van der Waals surface area contributed by atoms with Crippen LogP contribution in [0.2, 0.25) is 10.0 Å². The first-order valence-corrected chi connectivity index (χ1v) is 19.0. The van der Waals surface area contributed by atoms with Crippen LogP contribution in [0.5, 0.6) is 0 Å². The summed E-state index contributed by atoms with van der Waals surface area (Å²) in [5.41, 5.74) is 0.575. The van der Waals surface area contributed by atoms with Crippen LogP contribution >= 0.6 is 23.2 Å². The number of likely N-dealkylation sites (tertiary alicyclic amines) is 1. The van der Waals surface area contributed by atoms with Gasteiger partial charge in [-0.25, -0.2) is 0 Å². The summed E-state index contributed by atoms with van der Waals surface area (Å²) in [7, 11) is 0. The van der Waals surface area contributed by atoms with Crippen LogP contribution in [0, 0.1) is 11.8 Å². The molecular formula is C39H37Cl2F3N6O6. The average molecular weight is 814 g/mol. The van der Waals surface area contributed by atoms with E-state index in [0.29, 0.717) is 31.8 Å². The van der Waals surface area contributed by atoms with Crippen LogP contribution in [0.25, 0.3) is 0 Å². The number of fused-ring (bicyclic) bond motifs is 1. The maximum Gasteiger partial charge on any atom is 0.416 e. The summed E-state index contributed by atoms with van der Waals surface area (Å²) in [6.45, 7) is 3.80. The van der Waals surface area contributed by atoms with Crippen molar-refractivity contribution in [2.75, 3.05) is 48.3 Å². The fourth-order valence-corrected chi connectivity index (χ4v) is 8.20. The van der Waals surface area contributed by atoms with Gasteiger partial charge in [-0.15, -0.1) is 0 Å². The Morgan fingerprint density at radius 3 is 2.16 bits per heavy atom. The molecule has 4 aliphatic heterocycles. The van der Waals surface area contributed by atoms with Gasteiger partial charge in [-0.1, -0.05) is 23.2 Å². The number of nitrogens with one attached hydrogen (secondary N) is 3. The molecule has 0 bridgehead atoms. The largest absolute Gasteiger partial charge is 0.416 e. The lowest BCUT2D eigenvalue weighted by Crippen LogP contribution is -2.54. The number of benzene rings is 3. The van der Waals surface area contributed by atoms with Gasteiger partial charge >= 0.3 is 6.18 Å². The normalized spacial score (nSPS) is 19.9. The van der Waals surface area contributed by atoms with Crippen LogP contribution in [0.1, 0.15) is 75.2 Å². The van der Waals surface area contributed by atoms with Crippen molar-refractivity contribution >= 4 is 75.7 Å². The average Bonchev–Trinajstić information content (AvgIpc) is 3.41. The molecule has 3 aromatic rings. The number of anilines is 3. The Labute approximate surface area is 329 Å². The molecule has 3 N–H and O–H groups in total. The molecule has 7 rings (SSSR count). The minimum atomic E-state index is -4.60. The van der Waals surface area contributed by atoms with E-state index in [2.05, 4.69) is 25.8 Å². The van der Waals surface area contributed by atoms with Gasteiger partial charge in [0.05, 0.1) is 38.7 Å². The summed E-state index contributed by atoms with van der Waals surface area (Å²) in [4.78, 5) is 82.5. The minimum absolute atomic E-state index is 0.0276. The van der Waals surface area contributed by atoms with Crippen molar-refractivity contribution in [2.45, 2.75) is 50.7 Å².